The highest BCUT2D eigenvalue weighted by molar-refractivity contribution is 8.01. The number of aromatic nitrogens is 2. The number of benzene rings is 1. The van der Waals surface area contributed by atoms with Crippen molar-refractivity contribution in [3.8, 4) is 11.8 Å². The second-order valence-electron chi connectivity index (χ2n) is 9.92. The largest absolute Gasteiger partial charge is 0.497 e. The van der Waals surface area contributed by atoms with Crippen LogP contribution in [0.4, 0.5) is 0 Å². The zero-order valence-electron chi connectivity index (χ0n) is 21.5. The van der Waals surface area contributed by atoms with Gasteiger partial charge >= 0.3 is 5.97 Å². The fourth-order valence-electron chi connectivity index (χ4n) is 4.92. The van der Waals surface area contributed by atoms with Crippen molar-refractivity contribution >= 4 is 43.3 Å². The number of hydrogen-bond donors (Lipinski definition) is 0. The molecule has 4 rings (SSSR count). The zero-order valence-corrected chi connectivity index (χ0v) is 24.1. The molecular weight excluding hydrogens is 529 g/mol. The molecule has 1 aromatic heterocycles. The van der Waals surface area contributed by atoms with Gasteiger partial charge in [0.05, 0.1) is 31.2 Å². The lowest BCUT2D eigenvalue weighted by Crippen LogP contribution is -2.65. The predicted molar refractivity (Wildman–Crippen MR) is 142 cm³/mol. The van der Waals surface area contributed by atoms with Crippen LogP contribution < -0.4 is 4.74 Å². The average molecular weight is 559 g/mol. The van der Waals surface area contributed by atoms with E-state index < -0.39 is 20.2 Å². The Morgan fingerprint density at radius 1 is 1.30 bits per heavy atom. The minimum Gasteiger partial charge on any atom is -0.497 e. The summed E-state index contributed by atoms with van der Waals surface area (Å²) in [6, 6.07) is 9.19. The first-order valence-electron chi connectivity index (χ1n) is 11.9. The van der Waals surface area contributed by atoms with Crippen molar-refractivity contribution < 1.29 is 23.5 Å². The summed E-state index contributed by atoms with van der Waals surface area (Å²) in [5.74, 6) is -0.322. The number of rotatable bonds is 11. The van der Waals surface area contributed by atoms with Crippen molar-refractivity contribution in [2.75, 3.05) is 12.9 Å². The number of hydrogen-bond acceptors (Lipinski definition) is 10. The number of carbonyl (C=O) groups is 2. The molecule has 4 atom stereocenters. The Labute approximate surface area is 225 Å². The fraction of sp³-hybridized carbons (Fsp3) is 0.480. The van der Waals surface area contributed by atoms with E-state index in [9.17, 15) is 14.9 Å². The van der Waals surface area contributed by atoms with E-state index in [1.54, 1.807) is 29.7 Å². The first-order valence-corrected chi connectivity index (χ1v) is 17.2. The van der Waals surface area contributed by atoms with Gasteiger partial charge in [-0.1, -0.05) is 35.2 Å². The van der Waals surface area contributed by atoms with Gasteiger partial charge in [0.1, 0.15) is 23.6 Å². The van der Waals surface area contributed by atoms with E-state index in [4.69, 9.17) is 13.9 Å². The number of methoxy groups -OCH3 is 1. The summed E-state index contributed by atoms with van der Waals surface area (Å²) in [4.78, 5) is 28.5. The van der Waals surface area contributed by atoms with Crippen LogP contribution in [0.5, 0.6) is 5.75 Å². The third-order valence-electron chi connectivity index (χ3n) is 6.36. The number of amides is 1. The van der Waals surface area contributed by atoms with Gasteiger partial charge in [-0.15, -0.1) is 10.2 Å². The molecule has 12 heteroatoms. The van der Waals surface area contributed by atoms with E-state index in [-0.39, 0.29) is 42.7 Å². The van der Waals surface area contributed by atoms with Crippen LogP contribution in [0.3, 0.4) is 0 Å². The summed E-state index contributed by atoms with van der Waals surface area (Å²) in [6.45, 7) is 8.21. The molecule has 196 valence electrons. The topological polar surface area (TPSA) is 115 Å². The number of nitrogens with zero attached hydrogens (tertiary/aromatic N) is 4. The molecule has 9 nitrogen and oxygen atoms in total. The summed E-state index contributed by atoms with van der Waals surface area (Å²) in [5.41, 5.74) is 3.43. The van der Waals surface area contributed by atoms with Crippen molar-refractivity contribution in [1.82, 2.24) is 15.1 Å². The molecule has 0 bridgehead atoms. The second-order valence-corrected chi connectivity index (χ2v) is 16.4. The van der Waals surface area contributed by atoms with Crippen LogP contribution in [-0.4, -0.2) is 60.3 Å². The number of esters is 1. The summed E-state index contributed by atoms with van der Waals surface area (Å²) < 4.78 is 17.9. The third kappa shape index (κ3) is 5.90. The smallest absolute Gasteiger partial charge is 0.355 e. The second kappa shape index (κ2) is 11.3. The van der Waals surface area contributed by atoms with E-state index >= 15 is 0 Å². The Morgan fingerprint density at radius 2 is 2.03 bits per heavy atom. The molecule has 37 heavy (non-hydrogen) atoms. The highest BCUT2D eigenvalue weighted by Crippen LogP contribution is 2.50. The van der Waals surface area contributed by atoms with Crippen LogP contribution in [0.2, 0.25) is 19.6 Å². The van der Waals surface area contributed by atoms with E-state index in [1.807, 2.05) is 19.1 Å². The number of thioether (sulfide) groups is 1. The van der Waals surface area contributed by atoms with Crippen LogP contribution in [-0.2, 0) is 25.4 Å². The summed E-state index contributed by atoms with van der Waals surface area (Å²) in [5, 5.41) is 17.6. The minimum atomic E-state index is -1.91. The molecule has 0 radical (unpaired) electrons. The highest BCUT2D eigenvalue weighted by atomic mass is 32.2. The van der Waals surface area contributed by atoms with E-state index in [1.165, 1.54) is 23.1 Å². The van der Waals surface area contributed by atoms with Gasteiger partial charge in [-0.3, -0.25) is 4.79 Å². The Balaban J connectivity index is 1.61. The molecule has 0 saturated carbocycles. The molecule has 0 unspecified atom stereocenters. The number of β-lactam (4-membered cyclic amide) rings is 1. The maximum atomic E-state index is 13.5. The number of carbonyl (C=O) groups excluding carboxylic acids is 2. The Bertz CT molecular complexity index is 1210. The van der Waals surface area contributed by atoms with Crippen LogP contribution in [0.25, 0.3) is 0 Å². The Morgan fingerprint density at radius 3 is 2.62 bits per heavy atom. The number of ether oxygens (including phenoxy) is 2. The molecule has 2 aliphatic heterocycles. The molecule has 1 amide bonds. The lowest BCUT2D eigenvalue weighted by atomic mass is 9.76. The molecule has 1 aromatic carbocycles. The Kier molecular flexibility index (Phi) is 8.38. The van der Waals surface area contributed by atoms with Crippen molar-refractivity contribution in [3.05, 3.63) is 46.6 Å². The standard InChI is InChI=1S/C25H30N4O5S2Si/c1-15(34-37(3,4)5)20-21-18(10-11-26)19(13-35-25-28-27-14-36-25)22(29(21)23(20)30)24(31)33-12-16-6-8-17(32-2)9-7-16/h6-9,14-15,18,20-21H,10,12-13H2,1-5H3/t15-,18+,20-,21-/m1/s1. The summed E-state index contributed by atoms with van der Waals surface area (Å²) >= 11 is 2.84. The van der Waals surface area contributed by atoms with Gasteiger partial charge in [0.2, 0.25) is 5.91 Å². The van der Waals surface area contributed by atoms with E-state index in [0.29, 0.717) is 11.5 Å². The summed E-state index contributed by atoms with van der Waals surface area (Å²) in [7, 11) is -0.325. The van der Waals surface area contributed by atoms with Crippen molar-refractivity contribution in [2.45, 2.75) is 56.1 Å². The van der Waals surface area contributed by atoms with E-state index in [0.717, 1.165) is 15.5 Å². The van der Waals surface area contributed by atoms with Gasteiger partial charge in [-0.05, 0) is 49.8 Å². The van der Waals surface area contributed by atoms with Gasteiger partial charge in [0.25, 0.3) is 0 Å². The van der Waals surface area contributed by atoms with Crippen LogP contribution >= 0.6 is 23.1 Å². The lowest BCUT2D eigenvalue weighted by Gasteiger charge is -2.49. The molecule has 0 spiro atoms. The van der Waals surface area contributed by atoms with Crippen molar-refractivity contribution in [2.24, 2.45) is 11.8 Å². The van der Waals surface area contributed by atoms with Gasteiger partial charge in [0.15, 0.2) is 12.7 Å². The highest BCUT2D eigenvalue weighted by Gasteiger charge is 2.61. The average Bonchev–Trinajstić information content (AvgIpc) is 3.45. The van der Waals surface area contributed by atoms with Crippen molar-refractivity contribution in [1.29, 1.82) is 5.26 Å². The number of nitriles is 1. The fourth-order valence-corrected chi connectivity index (χ4v) is 7.77. The quantitative estimate of drug-likeness (QED) is 0.173. The van der Waals surface area contributed by atoms with Gasteiger partial charge < -0.3 is 18.8 Å². The first kappa shape index (κ1) is 27.3. The number of fused-ring (bicyclic) bond motifs is 1. The monoisotopic (exact) mass is 558 g/mol. The van der Waals surface area contributed by atoms with Gasteiger partial charge in [-0.2, -0.15) is 5.26 Å². The van der Waals surface area contributed by atoms with E-state index in [2.05, 4.69) is 35.9 Å². The Hall–Kier alpha value is -2.72. The first-order chi connectivity index (χ1) is 17.6. The maximum Gasteiger partial charge on any atom is 0.355 e. The van der Waals surface area contributed by atoms with Gasteiger partial charge in [0, 0.05) is 18.1 Å². The molecule has 3 heterocycles. The maximum absolute atomic E-state index is 13.5. The van der Waals surface area contributed by atoms with Crippen molar-refractivity contribution in [3.63, 3.8) is 0 Å². The van der Waals surface area contributed by atoms with Crippen LogP contribution in [0.1, 0.15) is 18.9 Å². The molecule has 0 aliphatic carbocycles. The summed E-state index contributed by atoms with van der Waals surface area (Å²) in [6.07, 6.45) is -0.125. The molecule has 0 N–H and O–H groups in total. The minimum absolute atomic E-state index is 0.0529. The van der Waals surface area contributed by atoms with Crippen LogP contribution in [0.15, 0.2) is 45.4 Å². The molecule has 1 saturated heterocycles. The SMILES string of the molecule is COc1ccc(COC(=O)C2=C(CSc3nncs3)[C@H](CC#N)[C@@H]3[C@@H]([C@@H](C)O[Si](C)(C)C)C(=O)N23)cc1. The van der Waals surface area contributed by atoms with Gasteiger partial charge in [-0.25, -0.2) is 4.79 Å². The lowest BCUT2D eigenvalue weighted by molar-refractivity contribution is -0.164. The third-order valence-corrected chi connectivity index (χ3v) is 9.35. The predicted octanol–water partition coefficient (Wildman–Crippen LogP) is 4.25. The molecular formula is C25H30N4O5S2Si. The van der Waals surface area contributed by atoms with Crippen LogP contribution in [0, 0.1) is 23.2 Å². The normalized spacial score (nSPS) is 21.8. The molecule has 2 aliphatic rings. The molecule has 2 aromatic rings. The zero-order chi connectivity index (χ0) is 26.7. The molecule has 1 fully saturated rings.